The molecule has 1 aliphatic rings. The SMILES string of the molecule is CC(O)CCCn1c(C2CC2)nc2cc(N)ccc21. The third-order valence-corrected chi connectivity index (χ3v) is 3.75. The molecule has 0 spiro atoms. The van der Waals surface area contributed by atoms with E-state index in [-0.39, 0.29) is 6.10 Å². The minimum absolute atomic E-state index is 0.227. The van der Waals surface area contributed by atoms with E-state index in [0.29, 0.717) is 5.92 Å². The molecule has 1 aromatic heterocycles. The molecule has 19 heavy (non-hydrogen) atoms. The Morgan fingerprint density at radius 1 is 1.47 bits per heavy atom. The molecule has 0 bridgehead atoms. The van der Waals surface area contributed by atoms with Gasteiger partial charge in [0.2, 0.25) is 0 Å². The third-order valence-electron chi connectivity index (χ3n) is 3.75. The van der Waals surface area contributed by atoms with Crippen LogP contribution in [0.5, 0.6) is 0 Å². The van der Waals surface area contributed by atoms with Gasteiger partial charge in [-0.15, -0.1) is 0 Å². The normalized spacial score (nSPS) is 16.9. The topological polar surface area (TPSA) is 64.1 Å². The summed E-state index contributed by atoms with van der Waals surface area (Å²) < 4.78 is 2.31. The Kier molecular flexibility index (Phi) is 3.19. The molecule has 3 rings (SSSR count). The molecule has 1 aliphatic carbocycles. The van der Waals surface area contributed by atoms with Gasteiger partial charge in [0.15, 0.2) is 0 Å². The van der Waals surface area contributed by atoms with Crippen LogP contribution in [-0.4, -0.2) is 20.8 Å². The molecule has 0 radical (unpaired) electrons. The molecule has 1 saturated carbocycles. The number of aromatic nitrogens is 2. The second-order valence-corrected chi connectivity index (χ2v) is 5.64. The van der Waals surface area contributed by atoms with Crippen LogP contribution in [-0.2, 0) is 6.54 Å². The Bertz CT molecular complexity index is 584. The van der Waals surface area contributed by atoms with Crippen LogP contribution >= 0.6 is 0 Å². The number of aliphatic hydroxyl groups excluding tert-OH is 1. The van der Waals surface area contributed by atoms with E-state index in [1.54, 1.807) is 0 Å². The first-order valence-corrected chi connectivity index (χ1v) is 7.09. The molecule has 4 heteroatoms. The van der Waals surface area contributed by atoms with Crippen molar-refractivity contribution in [2.45, 2.75) is 51.2 Å². The summed E-state index contributed by atoms with van der Waals surface area (Å²) in [7, 11) is 0. The van der Waals surface area contributed by atoms with Crippen LogP contribution < -0.4 is 5.73 Å². The maximum absolute atomic E-state index is 9.38. The number of rotatable bonds is 5. The summed E-state index contributed by atoms with van der Waals surface area (Å²) in [6, 6.07) is 5.95. The number of nitrogen functional groups attached to an aromatic ring is 1. The Hall–Kier alpha value is -1.55. The van der Waals surface area contributed by atoms with Gasteiger partial charge in [-0.1, -0.05) is 0 Å². The molecule has 1 unspecified atom stereocenters. The van der Waals surface area contributed by atoms with Crippen LogP contribution in [0.3, 0.4) is 0 Å². The maximum Gasteiger partial charge on any atom is 0.112 e. The number of aliphatic hydroxyl groups is 1. The molecule has 3 N–H and O–H groups in total. The van der Waals surface area contributed by atoms with Crippen molar-refractivity contribution < 1.29 is 5.11 Å². The average Bonchev–Trinajstić information content (AvgIpc) is 3.13. The van der Waals surface area contributed by atoms with Crippen molar-refractivity contribution in [2.24, 2.45) is 0 Å². The lowest BCUT2D eigenvalue weighted by molar-refractivity contribution is 0.179. The first-order chi connectivity index (χ1) is 9.15. The second-order valence-electron chi connectivity index (χ2n) is 5.64. The molecule has 1 heterocycles. The van der Waals surface area contributed by atoms with Gasteiger partial charge in [-0.25, -0.2) is 4.98 Å². The van der Waals surface area contributed by atoms with Crippen LogP contribution in [0.1, 0.15) is 44.3 Å². The number of imidazole rings is 1. The summed E-state index contributed by atoms with van der Waals surface area (Å²) in [6.45, 7) is 2.77. The number of hydrogen-bond donors (Lipinski definition) is 2. The van der Waals surface area contributed by atoms with Crippen LogP contribution in [0.2, 0.25) is 0 Å². The Morgan fingerprint density at radius 3 is 2.95 bits per heavy atom. The zero-order chi connectivity index (χ0) is 13.4. The minimum Gasteiger partial charge on any atom is -0.399 e. The van der Waals surface area contributed by atoms with Crippen molar-refractivity contribution in [3.05, 3.63) is 24.0 Å². The van der Waals surface area contributed by atoms with Gasteiger partial charge in [-0.3, -0.25) is 0 Å². The summed E-state index contributed by atoms with van der Waals surface area (Å²) >= 11 is 0. The van der Waals surface area contributed by atoms with E-state index in [2.05, 4.69) is 10.6 Å². The Morgan fingerprint density at radius 2 is 2.26 bits per heavy atom. The molecular formula is C15H21N3O. The fraction of sp³-hybridized carbons (Fsp3) is 0.533. The quantitative estimate of drug-likeness (QED) is 0.811. The lowest BCUT2D eigenvalue weighted by atomic mass is 10.2. The van der Waals surface area contributed by atoms with Gasteiger partial charge in [0.05, 0.1) is 17.1 Å². The van der Waals surface area contributed by atoms with Gasteiger partial charge in [0, 0.05) is 18.2 Å². The largest absolute Gasteiger partial charge is 0.399 e. The summed E-state index contributed by atoms with van der Waals surface area (Å²) in [5.41, 5.74) is 8.77. The van der Waals surface area contributed by atoms with Crippen molar-refractivity contribution in [1.82, 2.24) is 9.55 Å². The lowest BCUT2D eigenvalue weighted by Gasteiger charge is -2.09. The number of fused-ring (bicyclic) bond motifs is 1. The fourth-order valence-corrected chi connectivity index (χ4v) is 2.60. The average molecular weight is 259 g/mol. The molecule has 4 nitrogen and oxygen atoms in total. The molecule has 0 aliphatic heterocycles. The van der Waals surface area contributed by atoms with Crippen LogP contribution in [0.4, 0.5) is 5.69 Å². The van der Waals surface area contributed by atoms with E-state index < -0.39 is 0 Å². The van der Waals surface area contributed by atoms with E-state index in [1.807, 2.05) is 19.1 Å². The zero-order valence-corrected chi connectivity index (χ0v) is 11.3. The summed E-state index contributed by atoms with van der Waals surface area (Å²) in [4.78, 5) is 4.75. The van der Waals surface area contributed by atoms with Crippen molar-refractivity contribution in [3.8, 4) is 0 Å². The maximum atomic E-state index is 9.38. The van der Waals surface area contributed by atoms with Crippen molar-refractivity contribution in [1.29, 1.82) is 0 Å². The number of aryl methyl sites for hydroxylation is 1. The van der Waals surface area contributed by atoms with Crippen LogP contribution in [0.25, 0.3) is 11.0 Å². The second kappa shape index (κ2) is 4.85. The fourth-order valence-electron chi connectivity index (χ4n) is 2.60. The van der Waals surface area contributed by atoms with E-state index in [1.165, 1.54) is 24.2 Å². The summed E-state index contributed by atoms with van der Waals surface area (Å²) in [5, 5.41) is 9.38. The van der Waals surface area contributed by atoms with Gasteiger partial charge < -0.3 is 15.4 Å². The monoisotopic (exact) mass is 259 g/mol. The van der Waals surface area contributed by atoms with E-state index in [0.717, 1.165) is 30.6 Å². The van der Waals surface area contributed by atoms with Crippen LogP contribution in [0, 0.1) is 0 Å². The summed E-state index contributed by atoms with van der Waals surface area (Å²) in [5.74, 6) is 1.83. The number of nitrogens with two attached hydrogens (primary N) is 1. The molecular weight excluding hydrogens is 238 g/mol. The molecule has 102 valence electrons. The lowest BCUT2D eigenvalue weighted by Crippen LogP contribution is -2.06. The molecule has 0 amide bonds. The van der Waals surface area contributed by atoms with Gasteiger partial charge >= 0.3 is 0 Å². The van der Waals surface area contributed by atoms with Crippen molar-refractivity contribution >= 4 is 16.7 Å². The highest BCUT2D eigenvalue weighted by atomic mass is 16.3. The standard InChI is InChI=1S/C15H21N3O/c1-10(19)3-2-8-18-14-7-6-12(16)9-13(14)17-15(18)11-4-5-11/h6-7,9-11,19H,2-5,8,16H2,1H3. The molecule has 0 saturated heterocycles. The smallest absolute Gasteiger partial charge is 0.112 e. The highest BCUT2D eigenvalue weighted by molar-refractivity contribution is 5.79. The third kappa shape index (κ3) is 2.59. The van der Waals surface area contributed by atoms with Crippen molar-refractivity contribution in [3.63, 3.8) is 0 Å². The summed E-state index contributed by atoms with van der Waals surface area (Å²) in [6.07, 6.45) is 4.07. The predicted molar refractivity (Wildman–Crippen MR) is 77.0 cm³/mol. The van der Waals surface area contributed by atoms with E-state index in [4.69, 9.17) is 10.7 Å². The number of hydrogen-bond acceptors (Lipinski definition) is 3. The van der Waals surface area contributed by atoms with Gasteiger partial charge in [0.25, 0.3) is 0 Å². The molecule has 1 atom stereocenters. The van der Waals surface area contributed by atoms with Gasteiger partial charge in [-0.05, 0) is 50.8 Å². The highest BCUT2D eigenvalue weighted by Crippen LogP contribution is 2.41. The first kappa shape index (κ1) is 12.5. The minimum atomic E-state index is -0.227. The van der Waals surface area contributed by atoms with Gasteiger partial charge in [0.1, 0.15) is 5.82 Å². The first-order valence-electron chi connectivity index (χ1n) is 7.09. The molecule has 1 aromatic carbocycles. The molecule has 2 aromatic rings. The van der Waals surface area contributed by atoms with E-state index in [9.17, 15) is 5.11 Å². The Balaban J connectivity index is 1.92. The van der Waals surface area contributed by atoms with Crippen molar-refractivity contribution in [2.75, 3.05) is 5.73 Å². The van der Waals surface area contributed by atoms with Crippen LogP contribution in [0.15, 0.2) is 18.2 Å². The zero-order valence-electron chi connectivity index (χ0n) is 11.3. The predicted octanol–water partition coefficient (Wildman–Crippen LogP) is 2.66. The van der Waals surface area contributed by atoms with Gasteiger partial charge in [-0.2, -0.15) is 0 Å². The number of anilines is 1. The number of benzene rings is 1. The Labute approximate surface area is 113 Å². The highest BCUT2D eigenvalue weighted by Gasteiger charge is 2.29. The number of nitrogens with zero attached hydrogens (tertiary/aromatic N) is 2. The molecule has 1 fully saturated rings. The van der Waals surface area contributed by atoms with E-state index >= 15 is 0 Å².